The Morgan fingerprint density at radius 1 is 1.10 bits per heavy atom. The Bertz CT molecular complexity index is 1370. The zero-order valence-electron chi connectivity index (χ0n) is 21.8. The van der Waals surface area contributed by atoms with Gasteiger partial charge in [0.15, 0.2) is 0 Å². The molecule has 7 nitrogen and oxygen atoms in total. The standard InChI is InChI=1S/C29H30F3N3O4/c1-16-11-18(28(36)37-2)12-25(33-16)35-19-9-10-20(35)14-21(13-19)38-15-23-26(34-39-27(23)17-7-8-17)22-5-3-4-6-24(22)29(30,31)32/h3-6,11-12,17,19-21H,7-10,13-15H2,1-2H3/t19-,20+,21+. The van der Waals surface area contributed by atoms with E-state index in [-0.39, 0.29) is 42.0 Å². The van der Waals surface area contributed by atoms with Gasteiger partial charge in [0.05, 0.1) is 30.9 Å². The monoisotopic (exact) mass is 541 g/mol. The number of carbonyl (C=O) groups is 1. The highest BCUT2D eigenvalue weighted by Crippen LogP contribution is 2.46. The van der Waals surface area contributed by atoms with E-state index in [1.54, 1.807) is 18.2 Å². The summed E-state index contributed by atoms with van der Waals surface area (Å²) >= 11 is 0. The van der Waals surface area contributed by atoms with Gasteiger partial charge < -0.3 is 18.9 Å². The molecule has 39 heavy (non-hydrogen) atoms. The van der Waals surface area contributed by atoms with Gasteiger partial charge >= 0.3 is 12.1 Å². The van der Waals surface area contributed by atoms with Crippen LogP contribution in [0.4, 0.5) is 19.0 Å². The number of hydrogen-bond donors (Lipinski definition) is 0. The SMILES string of the molecule is COC(=O)c1cc(C)nc(N2[C@@H]3CC[C@H]2C[C@@H](OCc2c(-c4ccccc4C(F)(F)F)noc2C2CC2)C3)c1. The van der Waals surface area contributed by atoms with Gasteiger partial charge in [-0.2, -0.15) is 13.2 Å². The third-order valence-corrected chi connectivity index (χ3v) is 8.03. The van der Waals surface area contributed by atoms with Gasteiger partial charge in [0.2, 0.25) is 0 Å². The number of esters is 1. The molecule has 2 aromatic heterocycles. The molecular formula is C29H30F3N3O4. The predicted octanol–water partition coefficient (Wildman–Crippen LogP) is 6.44. The van der Waals surface area contributed by atoms with Crippen molar-refractivity contribution in [2.24, 2.45) is 0 Å². The first-order valence-electron chi connectivity index (χ1n) is 13.3. The maximum Gasteiger partial charge on any atom is 0.417 e. The van der Waals surface area contributed by atoms with Crippen molar-refractivity contribution in [1.29, 1.82) is 0 Å². The minimum atomic E-state index is -4.50. The van der Waals surface area contributed by atoms with Crippen molar-refractivity contribution in [3.05, 3.63) is 64.5 Å². The van der Waals surface area contributed by atoms with Gasteiger partial charge in [-0.25, -0.2) is 9.78 Å². The number of aromatic nitrogens is 2. The van der Waals surface area contributed by atoms with Crippen molar-refractivity contribution < 1.29 is 32.0 Å². The molecule has 3 aromatic rings. The molecule has 2 saturated heterocycles. The lowest BCUT2D eigenvalue weighted by atomic mass is 9.98. The third-order valence-electron chi connectivity index (χ3n) is 8.03. The van der Waals surface area contributed by atoms with Crippen LogP contribution in [0.1, 0.15) is 77.4 Å². The number of nitrogens with zero attached hydrogens (tertiary/aromatic N) is 3. The highest BCUT2D eigenvalue weighted by molar-refractivity contribution is 5.90. The molecule has 10 heteroatoms. The zero-order chi connectivity index (χ0) is 27.3. The number of piperidine rings is 1. The van der Waals surface area contributed by atoms with E-state index in [9.17, 15) is 18.0 Å². The molecule has 2 bridgehead atoms. The fourth-order valence-corrected chi connectivity index (χ4v) is 6.13. The van der Waals surface area contributed by atoms with Gasteiger partial charge in [0.25, 0.3) is 0 Å². The number of halogens is 3. The maximum absolute atomic E-state index is 13.8. The maximum atomic E-state index is 13.8. The van der Waals surface area contributed by atoms with Crippen LogP contribution in [0.3, 0.4) is 0 Å². The van der Waals surface area contributed by atoms with Gasteiger partial charge in [0, 0.05) is 34.8 Å². The van der Waals surface area contributed by atoms with E-state index in [0.717, 1.165) is 56.1 Å². The Morgan fingerprint density at radius 3 is 2.49 bits per heavy atom. The molecule has 4 heterocycles. The summed E-state index contributed by atoms with van der Waals surface area (Å²) in [5, 5.41) is 4.11. The van der Waals surface area contributed by atoms with E-state index in [2.05, 4.69) is 10.1 Å². The summed E-state index contributed by atoms with van der Waals surface area (Å²) in [6.45, 7) is 2.01. The quantitative estimate of drug-likeness (QED) is 0.318. The van der Waals surface area contributed by atoms with Crippen LogP contribution in [-0.4, -0.2) is 41.4 Å². The third kappa shape index (κ3) is 5.02. The molecule has 0 unspecified atom stereocenters. The Labute approximate surface area is 224 Å². The number of fused-ring (bicyclic) bond motifs is 2. The summed E-state index contributed by atoms with van der Waals surface area (Å²) in [7, 11) is 1.36. The lowest BCUT2D eigenvalue weighted by Gasteiger charge is -2.40. The van der Waals surface area contributed by atoms with Crippen molar-refractivity contribution >= 4 is 11.8 Å². The molecule has 0 N–H and O–H groups in total. The topological polar surface area (TPSA) is 77.7 Å². The number of rotatable bonds is 7. The number of methoxy groups -OCH3 is 1. The molecule has 1 aromatic carbocycles. The largest absolute Gasteiger partial charge is 0.465 e. The molecule has 2 aliphatic heterocycles. The van der Waals surface area contributed by atoms with Crippen LogP contribution >= 0.6 is 0 Å². The molecule has 6 rings (SSSR count). The average Bonchev–Trinajstić information content (AvgIpc) is 3.61. The summed E-state index contributed by atoms with van der Waals surface area (Å²) < 4.78 is 58.3. The second-order valence-electron chi connectivity index (χ2n) is 10.7. The van der Waals surface area contributed by atoms with Crippen LogP contribution in [-0.2, 0) is 22.3 Å². The fraction of sp³-hybridized carbons (Fsp3) is 0.483. The number of alkyl halides is 3. The molecule has 0 radical (unpaired) electrons. The first kappa shape index (κ1) is 25.9. The van der Waals surface area contributed by atoms with Crippen LogP contribution in [0.15, 0.2) is 40.9 Å². The van der Waals surface area contributed by atoms with Gasteiger partial charge in [-0.3, -0.25) is 0 Å². The zero-order valence-corrected chi connectivity index (χ0v) is 21.8. The van der Waals surface area contributed by atoms with Gasteiger partial charge in [-0.05, 0) is 63.6 Å². The van der Waals surface area contributed by atoms with Crippen LogP contribution in [0.5, 0.6) is 0 Å². The molecule has 3 atom stereocenters. The number of aryl methyl sites for hydroxylation is 1. The number of pyridine rings is 1. The molecule has 206 valence electrons. The second-order valence-corrected chi connectivity index (χ2v) is 10.7. The molecule has 0 amide bonds. The molecule has 1 saturated carbocycles. The number of hydrogen-bond acceptors (Lipinski definition) is 7. The van der Waals surface area contributed by atoms with E-state index >= 15 is 0 Å². The lowest BCUT2D eigenvalue weighted by molar-refractivity contribution is -0.137. The first-order valence-corrected chi connectivity index (χ1v) is 13.3. The summed E-state index contributed by atoms with van der Waals surface area (Å²) in [6, 6.07) is 9.38. The highest BCUT2D eigenvalue weighted by atomic mass is 19.4. The predicted molar refractivity (Wildman–Crippen MR) is 136 cm³/mol. The number of carbonyl (C=O) groups excluding carboxylic acids is 1. The minimum Gasteiger partial charge on any atom is -0.465 e. The van der Waals surface area contributed by atoms with Gasteiger partial charge in [0.1, 0.15) is 17.3 Å². The summed E-state index contributed by atoms with van der Waals surface area (Å²) in [4.78, 5) is 19.1. The molecule has 3 fully saturated rings. The summed E-state index contributed by atoms with van der Waals surface area (Å²) in [5.74, 6) is 1.19. The summed E-state index contributed by atoms with van der Waals surface area (Å²) in [5.41, 5.74) is 1.34. The first-order chi connectivity index (χ1) is 18.7. The summed E-state index contributed by atoms with van der Waals surface area (Å²) in [6.07, 6.45) is 0.797. The Morgan fingerprint density at radius 2 is 1.82 bits per heavy atom. The highest BCUT2D eigenvalue weighted by Gasteiger charge is 2.43. The fourth-order valence-electron chi connectivity index (χ4n) is 6.13. The van der Waals surface area contributed by atoms with Crippen molar-refractivity contribution in [1.82, 2.24) is 10.1 Å². The van der Waals surface area contributed by atoms with Crippen molar-refractivity contribution in [3.63, 3.8) is 0 Å². The Balaban J connectivity index is 1.22. The Kier molecular flexibility index (Phi) is 6.61. The molecule has 1 aliphatic carbocycles. The van der Waals surface area contributed by atoms with Gasteiger partial charge in [-0.1, -0.05) is 23.4 Å². The lowest BCUT2D eigenvalue weighted by Crippen LogP contribution is -2.46. The van der Waals surface area contributed by atoms with Crippen molar-refractivity contribution in [2.75, 3.05) is 12.0 Å². The number of anilines is 1. The average molecular weight is 542 g/mol. The van der Waals surface area contributed by atoms with E-state index in [1.807, 2.05) is 6.92 Å². The van der Waals surface area contributed by atoms with Crippen LogP contribution in [0.2, 0.25) is 0 Å². The van der Waals surface area contributed by atoms with Crippen LogP contribution in [0, 0.1) is 6.92 Å². The van der Waals surface area contributed by atoms with Crippen molar-refractivity contribution in [3.8, 4) is 11.3 Å². The second kappa shape index (κ2) is 9.97. The Hall–Kier alpha value is -3.40. The smallest absolute Gasteiger partial charge is 0.417 e. The molecule has 3 aliphatic rings. The van der Waals surface area contributed by atoms with E-state index < -0.39 is 17.7 Å². The molecular weight excluding hydrogens is 511 g/mol. The minimum absolute atomic E-state index is 0.0149. The van der Waals surface area contributed by atoms with Crippen LogP contribution in [0.25, 0.3) is 11.3 Å². The normalized spacial score (nSPS) is 22.8. The number of benzene rings is 1. The van der Waals surface area contributed by atoms with Crippen LogP contribution < -0.4 is 4.90 Å². The van der Waals surface area contributed by atoms with E-state index in [1.165, 1.54) is 19.2 Å². The number of ether oxygens (including phenoxy) is 2. The van der Waals surface area contributed by atoms with Crippen molar-refractivity contribution in [2.45, 2.75) is 82.3 Å². The van der Waals surface area contributed by atoms with E-state index in [4.69, 9.17) is 19.0 Å². The van der Waals surface area contributed by atoms with E-state index in [0.29, 0.717) is 16.9 Å². The molecule has 0 spiro atoms. The van der Waals surface area contributed by atoms with Gasteiger partial charge in [-0.15, -0.1) is 0 Å².